The summed E-state index contributed by atoms with van der Waals surface area (Å²) in [6, 6.07) is 15.6. The number of anilines is 2. The van der Waals surface area contributed by atoms with Crippen molar-refractivity contribution in [3.8, 4) is 0 Å². The largest absolute Gasteiger partial charge is 0.481 e. The maximum absolute atomic E-state index is 13.6. The molecule has 6 heteroatoms. The Bertz CT molecular complexity index is 1050. The number of carbonyl (C=O) groups is 3. The van der Waals surface area contributed by atoms with Crippen LogP contribution in [0.4, 0.5) is 11.4 Å². The van der Waals surface area contributed by atoms with E-state index in [0.717, 1.165) is 38.5 Å². The van der Waals surface area contributed by atoms with Crippen LogP contribution in [0.25, 0.3) is 0 Å². The Hall–Kier alpha value is -3.15. The number of carbonyl (C=O) groups excluding carboxylic acids is 2. The lowest BCUT2D eigenvalue weighted by Gasteiger charge is -2.49. The second kappa shape index (κ2) is 12.1. The van der Waals surface area contributed by atoms with E-state index in [9.17, 15) is 19.5 Å². The van der Waals surface area contributed by atoms with Crippen molar-refractivity contribution < 1.29 is 19.5 Å². The summed E-state index contributed by atoms with van der Waals surface area (Å²) in [5.41, 5.74) is 0.487. The minimum absolute atomic E-state index is 0.157. The van der Waals surface area contributed by atoms with Gasteiger partial charge in [-0.3, -0.25) is 14.4 Å². The standard InChI is InChI=1S/C32H44N2O4/c1-6-8-10-23-12-16-25(17-13-23)33-27(35)30(3)20-31(4,22-32(5,21-30)29(37)38)28(36)34-26-18-14-24(15-19-26)11-9-7-2/h12-19H,6-11,20-22H2,1-5H3,(H,33,35)(H,34,36)(H,37,38)/t30-,31+,32?. The molecule has 3 atom stereocenters. The molecule has 1 unspecified atom stereocenters. The van der Waals surface area contributed by atoms with Gasteiger partial charge < -0.3 is 15.7 Å². The van der Waals surface area contributed by atoms with E-state index in [1.807, 2.05) is 48.5 Å². The van der Waals surface area contributed by atoms with E-state index < -0.39 is 22.2 Å². The van der Waals surface area contributed by atoms with Crippen LogP contribution in [0.15, 0.2) is 48.5 Å². The normalized spacial score (nSPS) is 25.0. The molecule has 2 aromatic carbocycles. The predicted molar refractivity (Wildman–Crippen MR) is 153 cm³/mol. The Morgan fingerprint density at radius 2 is 1.00 bits per heavy atom. The second-order valence-corrected chi connectivity index (χ2v) is 12.0. The Balaban J connectivity index is 1.79. The highest BCUT2D eigenvalue weighted by Gasteiger charge is 2.57. The molecular weight excluding hydrogens is 476 g/mol. The lowest BCUT2D eigenvalue weighted by atomic mass is 9.54. The summed E-state index contributed by atoms with van der Waals surface area (Å²) in [5.74, 6) is -1.51. The van der Waals surface area contributed by atoms with Crippen LogP contribution < -0.4 is 10.6 Å². The van der Waals surface area contributed by atoms with Crippen molar-refractivity contribution in [1.29, 1.82) is 0 Å². The third-order valence-electron chi connectivity index (χ3n) is 8.02. The first kappa shape index (κ1) is 29.4. The van der Waals surface area contributed by atoms with Crippen LogP contribution in [0.5, 0.6) is 0 Å². The van der Waals surface area contributed by atoms with Gasteiger partial charge in [0.2, 0.25) is 11.8 Å². The molecule has 0 heterocycles. The number of carboxylic acid groups (broad SMARTS) is 1. The average molecular weight is 521 g/mol. The number of hydrogen-bond acceptors (Lipinski definition) is 3. The smallest absolute Gasteiger partial charge is 0.309 e. The molecule has 0 bridgehead atoms. The Morgan fingerprint density at radius 1 is 0.658 bits per heavy atom. The Labute approximate surface area is 227 Å². The monoisotopic (exact) mass is 520 g/mol. The van der Waals surface area contributed by atoms with Crippen LogP contribution in [0.3, 0.4) is 0 Å². The van der Waals surface area contributed by atoms with E-state index in [-0.39, 0.29) is 31.1 Å². The quantitative estimate of drug-likeness (QED) is 0.291. The predicted octanol–water partition coefficient (Wildman–Crippen LogP) is 7.24. The molecule has 1 aliphatic rings. The summed E-state index contributed by atoms with van der Waals surface area (Å²) in [7, 11) is 0. The Kier molecular flexibility index (Phi) is 9.40. The molecule has 2 amide bonds. The molecule has 2 aromatic rings. The highest BCUT2D eigenvalue weighted by Crippen LogP contribution is 2.55. The highest BCUT2D eigenvalue weighted by atomic mass is 16.4. The van der Waals surface area contributed by atoms with Crippen molar-refractivity contribution in [2.75, 3.05) is 10.6 Å². The van der Waals surface area contributed by atoms with Gasteiger partial charge in [-0.15, -0.1) is 0 Å². The van der Waals surface area contributed by atoms with Crippen molar-refractivity contribution >= 4 is 29.2 Å². The van der Waals surface area contributed by atoms with E-state index in [1.54, 1.807) is 20.8 Å². The lowest BCUT2D eigenvalue weighted by molar-refractivity contribution is -0.161. The number of amides is 2. The minimum atomic E-state index is -1.22. The van der Waals surface area contributed by atoms with E-state index in [0.29, 0.717) is 11.4 Å². The van der Waals surface area contributed by atoms with Gasteiger partial charge in [0, 0.05) is 22.2 Å². The zero-order valence-corrected chi connectivity index (χ0v) is 23.7. The molecule has 0 aromatic heterocycles. The number of hydrogen-bond donors (Lipinski definition) is 3. The molecule has 1 fully saturated rings. The zero-order valence-electron chi connectivity index (χ0n) is 23.7. The molecule has 3 N–H and O–H groups in total. The molecule has 0 aliphatic heterocycles. The summed E-state index contributed by atoms with van der Waals surface area (Å²) in [4.78, 5) is 39.6. The third-order valence-corrected chi connectivity index (χ3v) is 8.02. The maximum atomic E-state index is 13.6. The van der Waals surface area contributed by atoms with Crippen molar-refractivity contribution in [1.82, 2.24) is 0 Å². The van der Waals surface area contributed by atoms with Crippen molar-refractivity contribution in [2.45, 2.75) is 92.4 Å². The van der Waals surface area contributed by atoms with Crippen LogP contribution >= 0.6 is 0 Å². The minimum Gasteiger partial charge on any atom is -0.481 e. The number of nitrogens with one attached hydrogen (secondary N) is 2. The summed E-state index contributed by atoms with van der Waals surface area (Å²) >= 11 is 0. The van der Waals surface area contributed by atoms with Gasteiger partial charge in [-0.05, 0) is 87.3 Å². The van der Waals surface area contributed by atoms with Gasteiger partial charge in [0.15, 0.2) is 0 Å². The van der Waals surface area contributed by atoms with E-state index in [2.05, 4.69) is 24.5 Å². The number of benzene rings is 2. The first-order valence-electron chi connectivity index (χ1n) is 14.0. The van der Waals surface area contributed by atoms with Gasteiger partial charge in [0.05, 0.1) is 5.41 Å². The molecule has 38 heavy (non-hydrogen) atoms. The Morgan fingerprint density at radius 3 is 1.32 bits per heavy atom. The molecule has 1 saturated carbocycles. The van der Waals surface area contributed by atoms with Crippen molar-refractivity contribution in [3.05, 3.63) is 59.7 Å². The maximum Gasteiger partial charge on any atom is 0.309 e. The number of aliphatic carboxylic acids is 1. The van der Waals surface area contributed by atoms with Gasteiger partial charge in [-0.1, -0.05) is 64.8 Å². The fourth-order valence-electron chi connectivity index (χ4n) is 6.08. The SMILES string of the molecule is CCCCc1ccc(NC(=O)[C@@]2(C)CC(C)(C(=O)O)C[C@@](C)(C(=O)Nc3ccc(CCCC)cc3)C2)cc1. The molecule has 0 spiro atoms. The first-order valence-corrected chi connectivity index (χ1v) is 14.0. The van der Waals surface area contributed by atoms with Crippen LogP contribution in [0.2, 0.25) is 0 Å². The topological polar surface area (TPSA) is 95.5 Å². The molecule has 0 saturated heterocycles. The van der Waals surface area contributed by atoms with Gasteiger partial charge in [0.1, 0.15) is 0 Å². The van der Waals surface area contributed by atoms with Crippen LogP contribution in [-0.2, 0) is 27.2 Å². The summed E-state index contributed by atoms with van der Waals surface area (Å²) in [6.07, 6.45) is 7.02. The highest BCUT2D eigenvalue weighted by molar-refractivity contribution is 5.99. The van der Waals surface area contributed by atoms with E-state index >= 15 is 0 Å². The lowest BCUT2D eigenvalue weighted by Crippen LogP contribution is -2.54. The van der Waals surface area contributed by atoms with E-state index in [1.165, 1.54) is 11.1 Å². The van der Waals surface area contributed by atoms with Gasteiger partial charge in [-0.25, -0.2) is 0 Å². The molecular formula is C32H44N2O4. The molecule has 206 valence electrons. The molecule has 3 rings (SSSR count). The van der Waals surface area contributed by atoms with Gasteiger partial charge in [0.25, 0.3) is 0 Å². The van der Waals surface area contributed by atoms with Gasteiger partial charge >= 0.3 is 5.97 Å². The summed E-state index contributed by atoms with van der Waals surface area (Å²) in [6.45, 7) is 9.53. The van der Waals surface area contributed by atoms with Crippen molar-refractivity contribution in [3.63, 3.8) is 0 Å². The van der Waals surface area contributed by atoms with Crippen LogP contribution in [-0.4, -0.2) is 22.9 Å². The molecule has 6 nitrogen and oxygen atoms in total. The first-order chi connectivity index (χ1) is 17.9. The zero-order chi connectivity index (χ0) is 28.0. The number of aryl methyl sites for hydroxylation is 2. The van der Waals surface area contributed by atoms with Crippen molar-refractivity contribution in [2.24, 2.45) is 16.2 Å². The van der Waals surface area contributed by atoms with Crippen LogP contribution in [0, 0.1) is 16.2 Å². The third kappa shape index (κ3) is 7.03. The summed E-state index contributed by atoms with van der Waals surface area (Å²) in [5, 5.41) is 16.1. The van der Waals surface area contributed by atoms with E-state index in [4.69, 9.17) is 0 Å². The summed E-state index contributed by atoms with van der Waals surface area (Å²) < 4.78 is 0. The molecule has 1 aliphatic carbocycles. The average Bonchev–Trinajstić information content (AvgIpc) is 2.87. The number of rotatable bonds is 11. The van der Waals surface area contributed by atoms with Crippen LogP contribution in [0.1, 0.15) is 90.7 Å². The fourth-order valence-corrected chi connectivity index (χ4v) is 6.08. The second-order valence-electron chi connectivity index (χ2n) is 12.0. The number of carboxylic acids is 1. The van der Waals surface area contributed by atoms with Gasteiger partial charge in [-0.2, -0.15) is 0 Å². The number of unbranched alkanes of at least 4 members (excludes halogenated alkanes) is 2. The molecule has 0 radical (unpaired) electrons. The fraction of sp³-hybridized carbons (Fsp3) is 0.531.